The van der Waals surface area contributed by atoms with E-state index >= 15 is 0 Å². The molecule has 0 unspecified atom stereocenters. The first-order valence-electron chi connectivity index (χ1n) is 8.40. The van der Waals surface area contributed by atoms with E-state index in [1.807, 2.05) is 24.3 Å². The van der Waals surface area contributed by atoms with Crippen LogP contribution in [-0.2, 0) is 11.3 Å². The molecule has 2 aromatic heterocycles. The Morgan fingerprint density at radius 3 is 2.82 bits per heavy atom. The largest absolute Gasteiger partial charge is 0.338 e. The maximum Gasteiger partial charge on any atom is 0.251 e. The Morgan fingerprint density at radius 1 is 1.18 bits per heavy atom. The van der Waals surface area contributed by atoms with Gasteiger partial charge in [-0.25, -0.2) is 4.98 Å². The second-order valence-corrected chi connectivity index (χ2v) is 7.48. The summed E-state index contributed by atoms with van der Waals surface area (Å²) in [5, 5.41) is 3.41. The molecule has 0 saturated carbocycles. The molecule has 2 aromatic carbocycles. The highest BCUT2D eigenvalue weighted by molar-refractivity contribution is 9.10. The van der Waals surface area contributed by atoms with Gasteiger partial charge in [0.15, 0.2) is 0 Å². The lowest BCUT2D eigenvalue weighted by atomic mass is 10.2. The van der Waals surface area contributed by atoms with Crippen LogP contribution in [0.2, 0.25) is 5.02 Å². The summed E-state index contributed by atoms with van der Waals surface area (Å²) in [5.74, 6) is 0.357. The average molecular weight is 458 g/mol. The number of aromatic nitrogens is 3. The zero-order chi connectivity index (χ0) is 19.7. The number of nitrogens with one attached hydrogen (secondary N) is 2. The minimum atomic E-state index is -0.301. The highest BCUT2D eigenvalue weighted by Gasteiger charge is 2.10. The quantitative estimate of drug-likeness (QED) is 0.475. The molecule has 0 radical (unpaired) electrons. The van der Waals surface area contributed by atoms with Gasteiger partial charge in [-0.15, -0.1) is 0 Å². The van der Waals surface area contributed by atoms with Gasteiger partial charge in [0.1, 0.15) is 12.4 Å². The van der Waals surface area contributed by atoms with Crippen LogP contribution in [-0.4, -0.2) is 20.4 Å². The van der Waals surface area contributed by atoms with Gasteiger partial charge in [0.2, 0.25) is 5.91 Å². The number of nitrogens with zero attached hydrogens (tertiary/aromatic N) is 2. The van der Waals surface area contributed by atoms with Crippen molar-refractivity contribution in [1.29, 1.82) is 0 Å². The summed E-state index contributed by atoms with van der Waals surface area (Å²) < 4.78 is 2.06. The second-order valence-electron chi connectivity index (χ2n) is 6.16. The van der Waals surface area contributed by atoms with Crippen LogP contribution in [0.15, 0.2) is 70.1 Å². The second kappa shape index (κ2) is 7.61. The molecule has 0 bridgehead atoms. The molecule has 28 heavy (non-hydrogen) atoms. The molecule has 1 amide bonds. The minimum Gasteiger partial charge on any atom is -0.338 e. The normalized spacial score (nSPS) is 10.9. The number of aromatic amines is 1. The summed E-state index contributed by atoms with van der Waals surface area (Å²) in [6, 6.07) is 15.9. The maximum absolute atomic E-state index is 12.3. The van der Waals surface area contributed by atoms with Crippen molar-refractivity contribution in [3.63, 3.8) is 0 Å². The lowest BCUT2D eigenvalue weighted by molar-refractivity contribution is -0.116. The van der Waals surface area contributed by atoms with Crippen LogP contribution in [0.4, 0.5) is 5.69 Å². The first-order valence-corrected chi connectivity index (χ1v) is 9.57. The van der Waals surface area contributed by atoms with Crippen LogP contribution in [0.3, 0.4) is 0 Å². The highest BCUT2D eigenvalue weighted by Crippen LogP contribution is 2.28. The van der Waals surface area contributed by atoms with Crippen molar-refractivity contribution >= 4 is 50.2 Å². The number of fused-ring (bicyclic) bond motifs is 1. The molecule has 0 saturated heterocycles. The third-order valence-electron chi connectivity index (χ3n) is 4.16. The van der Waals surface area contributed by atoms with E-state index in [4.69, 9.17) is 11.6 Å². The first-order chi connectivity index (χ1) is 13.5. The first kappa shape index (κ1) is 18.5. The monoisotopic (exact) mass is 456 g/mol. The summed E-state index contributed by atoms with van der Waals surface area (Å²) in [7, 11) is 0. The van der Waals surface area contributed by atoms with Gasteiger partial charge in [-0.3, -0.25) is 9.59 Å². The van der Waals surface area contributed by atoms with Gasteiger partial charge in [-0.05, 0) is 52.3 Å². The Hall–Kier alpha value is -2.90. The Morgan fingerprint density at radius 2 is 2.00 bits per heavy atom. The van der Waals surface area contributed by atoms with Crippen molar-refractivity contribution in [1.82, 2.24) is 14.5 Å². The number of pyridine rings is 1. The van der Waals surface area contributed by atoms with Crippen molar-refractivity contribution in [2.75, 3.05) is 5.32 Å². The van der Waals surface area contributed by atoms with Gasteiger partial charge in [-0.1, -0.05) is 23.7 Å². The molecule has 4 rings (SSSR count). The van der Waals surface area contributed by atoms with Crippen LogP contribution in [0.1, 0.15) is 0 Å². The summed E-state index contributed by atoms with van der Waals surface area (Å²) in [6.45, 7) is -0.0792. The highest BCUT2D eigenvalue weighted by atomic mass is 79.9. The number of amides is 1. The van der Waals surface area contributed by atoms with Gasteiger partial charge in [-0.2, -0.15) is 0 Å². The molecule has 8 heteroatoms. The summed E-state index contributed by atoms with van der Waals surface area (Å²) in [4.78, 5) is 31.9. The Labute approximate surface area is 173 Å². The molecule has 0 aliphatic carbocycles. The summed E-state index contributed by atoms with van der Waals surface area (Å²) in [6.07, 6.45) is 1.58. The molecule has 140 valence electrons. The molecular weight excluding hydrogens is 444 g/mol. The van der Waals surface area contributed by atoms with E-state index in [2.05, 4.69) is 31.2 Å². The third-order valence-corrected chi connectivity index (χ3v) is 4.95. The lowest BCUT2D eigenvalue weighted by Crippen LogP contribution is -2.26. The van der Waals surface area contributed by atoms with Gasteiger partial charge in [0, 0.05) is 28.0 Å². The molecule has 4 aromatic rings. The summed E-state index contributed by atoms with van der Waals surface area (Å²) >= 11 is 9.53. The number of benzene rings is 2. The molecule has 2 heterocycles. The van der Waals surface area contributed by atoms with Crippen molar-refractivity contribution in [2.24, 2.45) is 0 Å². The number of H-pyrrole nitrogens is 1. The molecule has 0 spiro atoms. The van der Waals surface area contributed by atoms with Gasteiger partial charge >= 0.3 is 0 Å². The molecule has 0 atom stereocenters. The lowest BCUT2D eigenvalue weighted by Gasteiger charge is -2.07. The SMILES string of the molecule is O=C(Cn1cc(Br)ccc1=O)Nc1ccc2nc(-c3ccccc3Cl)[nH]c2c1. The van der Waals surface area contributed by atoms with E-state index in [0.29, 0.717) is 16.5 Å². The maximum atomic E-state index is 12.3. The Bertz CT molecular complexity index is 1250. The van der Waals surface area contributed by atoms with Crippen LogP contribution in [0, 0.1) is 0 Å². The predicted octanol–water partition coefficient (Wildman–Crippen LogP) is 4.45. The van der Waals surface area contributed by atoms with Gasteiger partial charge in [0.05, 0.1) is 16.1 Å². The fraction of sp³-hybridized carbons (Fsp3) is 0.0500. The molecule has 0 aliphatic rings. The topological polar surface area (TPSA) is 79.8 Å². The molecule has 0 fully saturated rings. The molecule has 0 aliphatic heterocycles. The Balaban J connectivity index is 1.56. The van der Waals surface area contributed by atoms with E-state index in [0.717, 1.165) is 21.1 Å². The van der Waals surface area contributed by atoms with Crippen LogP contribution < -0.4 is 10.9 Å². The van der Waals surface area contributed by atoms with Crippen molar-refractivity contribution in [2.45, 2.75) is 6.54 Å². The number of halogens is 2. The average Bonchev–Trinajstić information content (AvgIpc) is 3.08. The zero-order valence-corrected chi connectivity index (χ0v) is 16.8. The fourth-order valence-electron chi connectivity index (χ4n) is 2.85. The fourth-order valence-corrected chi connectivity index (χ4v) is 3.45. The standard InChI is InChI=1S/C20H14BrClN4O2/c21-12-5-8-19(28)26(10-12)11-18(27)23-13-6-7-16-17(9-13)25-20(24-16)14-3-1-2-4-15(14)22/h1-10H,11H2,(H,23,27)(H,24,25). The van der Waals surface area contributed by atoms with E-state index in [-0.39, 0.29) is 18.0 Å². The molecule has 6 nitrogen and oxygen atoms in total. The van der Waals surface area contributed by atoms with E-state index in [1.54, 1.807) is 30.5 Å². The predicted molar refractivity (Wildman–Crippen MR) is 114 cm³/mol. The number of hydrogen-bond acceptors (Lipinski definition) is 3. The summed E-state index contributed by atoms with van der Waals surface area (Å²) in [5.41, 5.74) is 2.70. The third kappa shape index (κ3) is 3.85. The van der Waals surface area contributed by atoms with Crippen molar-refractivity contribution < 1.29 is 4.79 Å². The van der Waals surface area contributed by atoms with Crippen LogP contribution in [0.25, 0.3) is 22.4 Å². The molecular formula is C20H14BrClN4O2. The van der Waals surface area contributed by atoms with Gasteiger partial charge in [0.25, 0.3) is 5.56 Å². The smallest absolute Gasteiger partial charge is 0.251 e. The van der Waals surface area contributed by atoms with Crippen molar-refractivity contribution in [3.8, 4) is 11.4 Å². The van der Waals surface area contributed by atoms with Gasteiger partial charge < -0.3 is 14.9 Å². The van der Waals surface area contributed by atoms with Crippen LogP contribution >= 0.6 is 27.5 Å². The number of anilines is 1. The van der Waals surface area contributed by atoms with E-state index in [1.165, 1.54) is 10.6 Å². The zero-order valence-electron chi connectivity index (χ0n) is 14.4. The number of hydrogen-bond donors (Lipinski definition) is 2. The van der Waals surface area contributed by atoms with E-state index in [9.17, 15) is 9.59 Å². The van der Waals surface area contributed by atoms with Crippen LogP contribution in [0.5, 0.6) is 0 Å². The van der Waals surface area contributed by atoms with Crippen molar-refractivity contribution in [3.05, 3.63) is 80.6 Å². The molecule has 2 N–H and O–H groups in total. The number of imidazole rings is 1. The Kier molecular flexibility index (Phi) is 5.02. The number of carbonyl (C=O) groups is 1. The van der Waals surface area contributed by atoms with E-state index < -0.39 is 0 Å². The number of carbonyl (C=O) groups excluding carboxylic acids is 1. The minimum absolute atomic E-state index is 0.0792. The number of rotatable bonds is 4.